The third-order valence-electron chi connectivity index (χ3n) is 6.18. The van der Waals surface area contributed by atoms with Gasteiger partial charge in [-0.1, -0.05) is 18.2 Å². The lowest BCUT2D eigenvalue weighted by Gasteiger charge is -2.38. The van der Waals surface area contributed by atoms with E-state index in [1.807, 2.05) is 30.3 Å². The second kappa shape index (κ2) is 10.4. The van der Waals surface area contributed by atoms with Crippen molar-refractivity contribution in [2.45, 2.75) is 24.3 Å². The van der Waals surface area contributed by atoms with Gasteiger partial charge in [-0.05, 0) is 36.4 Å². The van der Waals surface area contributed by atoms with Gasteiger partial charge in [0.2, 0.25) is 27.7 Å². The monoisotopic (exact) mass is 499 g/mol. The lowest BCUT2D eigenvalue weighted by molar-refractivity contribution is -0.137. The number of nitrogens with one attached hydrogen (secondary N) is 2. The van der Waals surface area contributed by atoms with Gasteiger partial charge >= 0.3 is 0 Å². The van der Waals surface area contributed by atoms with Crippen molar-refractivity contribution in [2.75, 3.05) is 49.5 Å². The molecule has 4 rings (SSSR count). The van der Waals surface area contributed by atoms with Gasteiger partial charge in [0.1, 0.15) is 6.04 Å². The van der Waals surface area contributed by atoms with Crippen LogP contribution in [0.15, 0.2) is 59.5 Å². The van der Waals surface area contributed by atoms with Gasteiger partial charge in [-0.2, -0.15) is 4.31 Å². The summed E-state index contributed by atoms with van der Waals surface area (Å²) >= 11 is 0. The van der Waals surface area contributed by atoms with Crippen LogP contribution in [0.2, 0.25) is 0 Å². The number of anilines is 2. The van der Waals surface area contributed by atoms with Gasteiger partial charge in [-0.3, -0.25) is 14.4 Å². The smallest absolute Gasteiger partial charge is 0.243 e. The van der Waals surface area contributed by atoms with Crippen molar-refractivity contribution in [3.8, 4) is 0 Å². The second-order valence-corrected chi connectivity index (χ2v) is 10.4. The van der Waals surface area contributed by atoms with Crippen LogP contribution in [0, 0.1) is 0 Å². The number of sulfonamides is 1. The van der Waals surface area contributed by atoms with Crippen molar-refractivity contribution in [2.24, 2.45) is 0 Å². The van der Waals surface area contributed by atoms with E-state index in [-0.39, 0.29) is 36.2 Å². The molecule has 10 nitrogen and oxygen atoms in total. The van der Waals surface area contributed by atoms with E-state index in [1.165, 1.54) is 31.2 Å². The molecule has 2 saturated heterocycles. The van der Waals surface area contributed by atoms with Crippen LogP contribution in [0.4, 0.5) is 11.4 Å². The van der Waals surface area contributed by atoms with Gasteiger partial charge in [0.25, 0.3) is 0 Å². The molecule has 0 bridgehead atoms. The minimum atomic E-state index is -4.03. The first-order valence-electron chi connectivity index (χ1n) is 11.5. The van der Waals surface area contributed by atoms with Crippen molar-refractivity contribution in [3.05, 3.63) is 54.6 Å². The molecule has 2 heterocycles. The molecule has 2 N–H and O–H groups in total. The maximum Gasteiger partial charge on any atom is 0.243 e. The molecule has 0 unspecified atom stereocenters. The topological polar surface area (TPSA) is 119 Å². The first kappa shape index (κ1) is 24.7. The average Bonchev–Trinajstić information content (AvgIpc) is 2.85. The maximum absolute atomic E-state index is 13.4. The highest BCUT2D eigenvalue weighted by Gasteiger charge is 2.40. The molecule has 2 aliphatic heterocycles. The molecule has 2 aliphatic rings. The molecule has 2 aromatic rings. The predicted molar refractivity (Wildman–Crippen MR) is 131 cm³/mol. The van der Waals surface area contributed by atoms with Crippen LogP contribution in [0.3, 0.4) is 0 Å². The van der Waals surface area contributed by atoms with Gasteiger partial charge in [0.05, 0.1) is 11.3 Å². The highest BCUT2D eigenvalue weighted by atomic mass is 32.2. The largest absolute Gasteiger partial charge is 0.368 e. The lowest BCUT2D eigenvalue weighted by Crippen LogP contribution is -2.59. The van der Waals surface area contributed by atoms with E-state index in [0.717, 1.165) is 9.99 Å². The SMILES string of the molecule is CC(=O)Nc1ccc(S(=O)(=O)N2CCNC(=O)[C@H]2CC(=O)N2CCN(c3ccccc3)CC2)cc1. The van der Waals surface area contributed by atoms with Crippen LogP contribution in [-0.2, 0) is 24.4 Å². The van der Waals surface area contributed by atoms with E-state index < -0.39 is 22.0 Å². The molecule has 0 saturated carbocycles. The standard InChI is InChI=1S/C24H29N5O5S/c1-18(30)26-19-7-9-21(10-8-19)35(33,34)29-12-11-25-24(32)22(29)17-23(31)28-15-13-27(14-16-28)20-5-3-2-4-6-20/h2-10,22H,11-17H2,1H3,(H,25,32)(H,26,30)/t22-/m1/s1. The Hall–Kier alpha value is -3.44. The first-order valence-corrected chi connectivity index (χ1v) is 12.9. The molecule has 1 atom stereocenters. The number of benzene rings is 2. The highest BCUT2D eigenvalue weighted by Crippen LogP contribution is 2.24. The number of amides is 3. The Morgan fingerprint density at radius 2 is 1.63 bits per heavy atom. The van der Waals surface area contributed by atoms with Gasteiger partial charge in [0.15, 0.2) is 0 Å². The van der Waals surface area contributed by atoms with E-state index >= 15 is 0 Å². The second-order valence-electron chi connectivity index (χ2n) is 8.54. The van der Waals surface area contributed by atoms with E-state index in [0.29, 0.717) is 31.9 Å². The van der Waals surface area contributed by atoms with Gasteiger partial charge in [-0.15, -0.1) is 0 Å². The lowest BCUT2D eigenvalue weighted by atomic mass is 10.1. The summed E-state index contributed by atoms with van der Waals surface area (Å²) in [7, 11) is -4.03. The summed E-state index contributed by atoms with van der Waals surface area (Å²) in [6.45, 7) is 3.92. The summed E-state index contributed by atoms with van der Waals surface area (Å²) in [4.78, 5) is 40.8. The molecular formula is C24H29N5O5S. The van der Waals surface area contributed by atoms with E-state index in [4.69, 9.17) is 0 Å². The van der Waals surface area contributed by atoms with Crippen LogP contribution >= 0.6 is 0 Å². The molecule has 2 fully saturated rings. The molecule has 0 spiro atoms. The number of hydrogen-bond donors (Lipinski definition) is 2. The number of carbonyl (C=O) groups excluding carboxylic acids is 3. The zero-order chi connectivity index (χ0) is 25.0. The molecule has 35 heavy (non-hydrogen) atoms. The van der Waals surface area contributed by atoms with Crippen LogP contribution in [0.5, 0.6) is 0 Å². The fraction of sp³-hybridized carbons (Fsp3) is 0.375. The van der Waals surface area contributed by atoms with E-state index in [1.54, 1.807) is 4.90 Å². The highest BCUT2D eigenvalue weighted by molar-refractivity contribution is 7.89. The number of carbonyl (C=O) groups is 3. The Balaban J connectivity index is 1.44. The third-order valence-corrected chi connectivity index (χ3v) is 8.11. The van der Waals surface area contributed by atoms with Gasteiger partial charge in [0, 0.05) is 57.6 Å². The van der Waals surface area contributed by atoms with E-state index in [2.05, 4.69) is 15.5 Å². The Kier molecular flexibility index (Phi) is 7.37. The molecular weight excluding hydrogens is 470 g/mol. The van der Waals surface area contributed by atoms with Crippen LogP contribution in [-0.4, -0.2) is 80.7 Å². The Morgan fingerprint density at radius 1 is 0.971 bits per heavy atom. The van der Waals surface area contributed by atoms with E-state index in [9.17, 15) is 22.8 Å². The summed E-state index contributed by atoms with van der Waals surface area (Å²) in [5, 5.41) is 5.27. The molecule has 2 aromatic carbocycles. The zero-order valence-corrected chi connectivity index (χ0v) is 20.3. The number of nitrogens with zero attached hydrogens (tertiary/aromatic N) is 3. The number of piperazine rings is 2. The van der Waals surface area contributed by atoms with Crippen molar-refractivity contribution in [3.63, 3.8) is 0 Å². The number of para-hydroxylation sites is 1. The molecule has 0 radical (unpaired) electrons. The molecule has 186 valence electrons. The fourth-order valence-electron chi connectivity index (χ4n) is 4.37. The fourth-order valence-corrected chi connectivity index (χ4v) is 5.96. The summed E-state index contributed by atoms with van der Waals surface area (Å²) in [6, 6.07) is 14.6. The van der Waals surface area contributed by atoms with Gasteiger partial charge < -0.3 is 20.4 Å². The van der Waals surface area contributed by atoms with Crippen LogP contribution < -0.4 is 15.5 Å². The van der Waals surface area contributed by atoms with Crippen molar-refractivity contribution in [1.82, 2.24) is 14.5 Å². The minimum Gasteiger partial charge on any atom is -0.368 e. The molecule has 0 aliphatic carbocycles. The first-order chi connectivity index (χ1) is 16.8. The van der Waals surface area contributed by atoms with Crippen LogP contribution in [0.25, 0.3) is 0 Å². The Bertz CT molecular complexity index is 1180. The minimum absolute atomic E-state index is 0.00442. The summed E-state index contributed by atoms with van der Waals surface area (Å²) in [5.74, 6) is -0.997. The van der Waals surface area contributed by atoms with Crippen molar-refractivity contribution in [1.29, 1.82) is 0 Å². The molecule has 3 amide bonds. The zero-order valence-electron chi connectivity index (χ0n) is 19.5. The molecule has 11 heteroatoms. The maximum atomic E-state index is 13.4. The predicted octanol–water partition coefficient (Wildman–Crippen LogP) is 0.873. The summed E-state index contributed by atoms with van der Waals surface area (Å²) < 4.78 is 27.8. The summed E-state index contributed by atoms with van der Waals surface area (Å²) in [5.41, 5.74) is 1.56. The quantitative estimate of drug-likeness (QED) is 0.609. The average molecular weight is 500 g/mol. The van der Waals surface area contributed by atoms with Crippen molar-refractivity contribution >= 4 is 39.1 Å². The Labute approximate surface area is 204 Å². The van der Waals surface area contributed by atoms with Crippen LogP contribution in [0.1, 0.15) is 13.3 Å². The number of rotatable bonds is 6. The van der Waals surface area contributed by atoms with Gasteiger partial charge in [-0.25, -0.2) is 8.42 Å². The Morgan fingerprint density at radius 3 is 2.26 bits per heavy atom. The normalized spacial score (nSPS) is 19.2. The summed E-state index contributed by atoms with van der Waals surface area (Å²) in [6.07, 6.45) is -0.222. The molecule has 0 aromatic heterocycles. The number of hydrogen-bond acceptors (Lipinski definition) is 6. The third kappa shape index (κ3) is 5.63. The van der Waals surface area contributed by atoms with Crippen molar-refractivity contribution < 1.29 is 22.8 Å².